The summed E-state index contributed by atoms with van der Waals surface area (Å²) in [6, 6.07) is 0.276. The zero-order valence-corrected chi connectivity index (χ0v) is 13.6. The maximum absolute atomic E-state index is 12.3. The summed E-state index contributed by atoms with van der Waals surface area (Å²) in [7, 11) is 0. The molecule has 120 valence electrons. The third-order valence-corrected chi connectivity index (χ3v) is 5.96. The number of aliphatic carboxylic acids is 1. The second-order valence-electron chi connectivity index (χ2n) is 7.69. The summed E-state index contributed by atoms with van der Waals surface area (Å²) < 4.78 is 0. The van der Waals surface area contributed by atoms with Gasteiger partial charge >= 0.3 is 12.0 Å². The van der Waals surface area contributed by atoms with Crippen LogP contribution in [0.1, 0.15) is 53.4 Å². The van der Waals surface area contributed by atoms with Crippen LogP contribution in [0.25, 0.3) is 0 Å². The van der Waals surface area contributed by atoms with Crippen LogP contribution in [0.3, 0.4) is 0 Å². The number of carboxylic acid groups (broad SMARTS) is 1. The monoisotopic (exact) mass is 296 g/mol. The minimum absolute atomic E-state index is 0.0373. The molecule has 5 heteroatoms. The lowest BCUT2D eigenvalue weighted by molar-refractivity contribution is -0.137. The van der Waals surface area contributed by atoms with E-state index in [1.165, 1.54) is 0 Å². The number of nitrogens with zero attached hydrogens (tertiary/aromatic N) is 1. The Balaban J connectivity index is 1.75. The molecule has 2 N–H and O–H groups in total. The molecule has 1 aliphatic carbocycles. The van der Waals surface area contributed by atoms with Crippen LogP contribution in [0, 0.1) is 16.7 Å². The molecule has 1 saturated heterocycles. The van der Waals surface area contributed by atoms with Gasteiger partial charge in [0.2, 0.25) is 0 Å². The quantitative estimate of drug-likeness (QED) is 0.838. The van der Waals surface area contributed by atoms with Crippen molar-refractivity contribution < 1.29 is 14.7 Å². The topological polar surface area (TPSA) is 69.6 Å². The van der Waals surface area contributed by atoms with Gasteiger partial charge in [-0.1, -0.05) is 27.7 Å². The highest BCUT2D eigenvalue weighted by Gasteiger charge is 2.65. The molecule has 21 heavy (non-hydrogen) atoms. The fraction of sp³-hybridized carbons (Fsp3) is 0.875. The summed E-state index contributed by atoms with van der Waals surface area (Å²) in [6.07, 6.45) is 2.80. The van der Waals surface area contributed by atoms with Crippen LogP contribution in [-0.4, -0.2) is 41.1 Å². The van der Waals surface area contributed by atoms with Crippen LogP contribution in [0.2, 0.25) is 0 Å². The first kappa shape index (κ1) is 16.1. The number of carbonyl (C=O) groups is 2. The third-order valence-electron chi connectivity index (χ3n) is 5.96. The number of urea groups is 1. The molecule has 1 saturated carbocycles. The van der Waals surface area contributed by atoms with Crippen molar-refractivity contribution in [3.8, 4) is 0 Å². The molecule has 0 atom stereocenters. The van der Waals surface area contributed by atoms with Gasteiger partial charge in [-0.25, -0.2) is 4.79 Å². The van der Waals surface area contributed by atoms with Gasteiger partial charge in [0.25, 0.3) is 0 Å². The van der Waals surface area contributed by atoms with Crippen LogP contribution in [-0.2, 0) is 4.79 Å². The maximum Gasteiger partial charge on any atom is 0.317 e. The SMILES string of the molecule is CC1(C)C(NC(=O)N2CCC(CCC(=O)O)CC2)C1(C)C. The van der Waals surface area contributed by atoms with E-state index in [1.807, 2.05) is 4.90 Å². The number of hydrogen-bond donors (Lipinski definition) is 2. The maximum atomic E-state index is 12.3. The Bertz CT molecular complexity index is 409. The summed E-state index contributed by atoms with van der Waals surface area (Å²) in [5, 5.41) is 11.9. The molecule has 2 amide bonds. The Kier molecular flexibility index (Phi) is 4.22. The van der Waals surface area contributed by atoms with Crippen molar-refractivity contribution in [2.75, 3.05) is 13.1 Å². The Morgan fingerprint density at radius 3 is 2.10 bits per heavy atom. The van der Waals surface area contributed by atoms with Gasteiger partial charge < -0.3 is 15.3 Å². The zero-order chi connectivity index (χ0) is 15.8. The largest absolute Gasteiger partial charge is 0.481 e. The summed E-state index contributed by atoms with van der Waals surface area (Å²) >= 11 is 0. The lowest BCUT2D eigenvalue weighted by atomic mass is 9.92. The number of nitrogens with one attached hydrogen (secondary N) is 1. The number of hydrogen-bond acceptors (Lipinski definition) is 2. The molecular formula is C16H28N2O3. The van der Waals surface area contributed by atoms with Gasteiger partial charge in [0.15, 0.2) is 0 Å². The zero-order valence-electron chi connectivity index (χ0n) is 13.6. The highest BCUT2D eigenvalue weighted by molar-refractivity contribution is 5.75. The number of amides is 2. The first-order valence-electron chi connectivity index (χ1n) is 7.93. The van der Waals surface area contributed by atoms with Crippen LogP contribution in [0.4, 0.5) is 4.79 Å². The molecule has 0 aromatic carbocycles. The Morgan fingerprint density at radius 2 is 1.67 bits per heavy atom. The molecule has 0 aromatic heterocycles. The van der Waals surface area contributed by atoms with E-state index < -0.39 is 5.97 Å². The van der Waals surface area contributed by atoms with Crippen molar-refractivity contribution >= 4 is 12.0 Å². The minimum Gasteiger partial charge on any atom is -0.481 e. The number of likely N-dealkylation sites (tertiary alicyclic amines) is 1. The van der Waals surface area contributed by atoms with Crippen molar-refractivity contribution in [2.45, 2.75) is 59.4 Å². The van der Waals surface area contributed by atoms with Gasteiger partial charge in [-0.05, 0) is 36.0 Å². The Morgan fingerprint density at radius 1 is 1.14 bits per heavy atom. The van der Waals surface area contributed by atoms with E-state index in [0.717, 1.165) is 32.4 Å². The number of piperidine rings is 1. The predicted octanol–water partition coefficient (Wildman–Crippen LogP) is 2.71. The van der Waals surface area contributed by atoms with E-state index in [0.29, 0.717) is 5.92 Å². The molecule has 0 radical (unpaired) electrons. The summed E-state index contributed by atoms with van der Waals surface area (Å²) in [5.74, 6) is -0.285. The number of rotatable bonds is 4. The summed E-state index contributed by atoms with van der Waals surface area (Å²) in [5.41, 5.74) is 0.310. The van der Waals surface area contributed by atoms with Crippen molar-refractivity contribution in [1.82, 2.24) is 10.2 Å². The molecule has 2 fully saturated rings. The van der Waals surface area contributed by atoms with Crippen LogP contribution in [0.5, 0.6) is 0 Å². The van der Waals surface area contributed by atoms with E-state index in [-0.39, 0.29) is 29.3 Å². The van der Waals surface area contributed by atoms with E-state index in [2.05, 4.69) is 33.0 Å². The standard InChI is InChI=1S/C16H28N2O3/c1-15(2)13(16(15,3)4)17-14(21)18-9-7-11(8-10-18)5-6-12(19)20/h11,13H,5-10H2,1-4H3,(H,17,21)(H,19,20). The highest BCUT2D eigenvalue weighted by Crippen LogP contribution is 2.62. The molecule has 0 aromatic rings. The highest BCUT2D eigenvalue weighted by atomic mass is 16.4. The molecule has 1 heterocycles. The van der Waals surface area contributed by atoms with E-state index >= 15 is 0 Å². The predicted molar refractivity (Wildman–Crippen MR) is 81.0 cm³/mol. The number of carboxylic acids is 1. The van der Waals surface area contributed by atoms with Gasteiger partial charge in [0, 0.05) is 25.6 Å². The lowest BCUT2D eigenvalue weighted by Crippen LogP contribution is -2.46. The molecule has 5 nitrogen and oxygen atoms in total. The lowest BCUT2D eigenvalue weighted by Gasteiger charge is -2.32. The van der Waals surface area contributed by atoms with Crippen LogP contribution >= 0.6 is 0 Å². The van der Waals surface area contributed by atoms with E-state index in [9.17, 15) is 9.59 Å². The first-order chi connectivity index (χ1) is 9.66. The molecule has 0 bridgehead atoms. The Hall–Kier alpha value is -1.26. The van der Waals surface area contributed by atoms with Gasteiger partial charge in [-0.3, -0.25) is 4.79 Å². The second-order valence-corrected chi connectivity index (χ2v) is 7.69. The van der Waals surface area contributed by atoms with Gasteiger partial charge in [-0.2, -0.15) is 0 Å². The fourth-order valence-electron chi connectivity index (χ4n) is 3.52. The Labute approximate surface area is 127 Å². The smallest absolute Gasteiger partial charge is 0.317 e. The van der Waals surface area contributed by atoms with Crippen molar-refractivity contribution in [3.63, 3.8) is 0 Å². The minimum atomic E-state index is -0.728. The summed E-state index contributed by atoms with van der Waals surface area (Å²) in [6.45, 7) is 10.2. The third kappa shape index (κ3) is 3.16. The fourth-order valence-corrected chi connectivity index (χ4v) is 3.52. The van der Waals surface area contributed by atoms with Crippen LogP contribution < -0.4 is 5.32 Å². The second kappa shape index (κ2) is 5.50. The van der Waals surface area contributed by atoms with Crippen molar-refractivity contribution in [2.24, 2.45) is 16.7 Å². The first-order valence-corrected chi connectivity index (χ1v) is 7.93. The normalized spacial score (nSPS) is 24.7. The molecule has 0 unspecified atom stereocenters. The summed E-state index contributed by atoms with van der Waals surface area (Å²) in [4.78, 5) is 24.8. The molecule has 2 aliphatic rings. The van der Waals surface area contributed by atoms with Gasteiger partial charge in [0.05, 0.1) is 0 Å². The van der Waals surface area contributed by atoms with E-state index in [1.54, 1.807) is 0 Å². The van der Waals surface area contributed by atoms with Crippen molar-refractivity contribution in [3.05, 3.63) is 0 Å². The van der Waals surface area contributed by atoms with E-state index in [4.69, 9.17) is 5.11 Å². The van der Waals surface area contributed by atoms with Crippen molar-refractivity contribution in [1.29, 1.82) is 0 Å². The van der Waals surface area contributed by atoms with Crippen LogP contribution in [0.15, 0.2) is 0 Å². The average molecular weight is 296 g/mol. The van der Waals surface area contributed by atoms with Gasteiger partial charge in [-0.15, -0.1) is 0 Å². The van der Waals surface area contributed by atoms with Gasteiger partial charge in [0.1, 0.15) is 0 Å². The molecular weight excluding hydrogens is 268 g/mol. The number of carbonyl (C=O) groups excluding carboxylic acids is 1. The molecule has 2 rings (SSSR count). The molecule has 1 aliphatic heterocycles. The molecule has 0 spiro atoms. The average Bonchev–Trinajstić information content (AvgIpc) is 2.79.